The minimum absolute atomic E-state index is 0.0583. The fraction of sp³-hybridized carbons (Fsp3) is 0.562. The molecule has 0 aliphatic carbocycles. The summed E-state index contributed by atoms with van der Waals surface area (Å²) in [5.41, 5.74) is 0.992. The molecule has 3 heterocycles. The molecule has 0 bridgehead atoms. The van der Waals surface area contributed by atoms with E-state index in [2.05, 4.69) is 18.5 Å². The van der Waals surface area contributed by atoms with Gasteiger partial charge in [-0.3, -0.25) is 4.79 Å². The van der Waals surface area contributed by atoms with Crippen molar-refractivity contribution in [1.82, 2.24) is 14.4 Å². The number of nitrogens with zero attached hydrogens (tertiary/aromatic N) is 3. The van der Waals surface area contributed by atoms with Crippen molar-refractivity contribution in [3.05, 3.63) is 30.3 Å². The summed E-state index contributed by atoms with van der Waals surface area (Å²) in [7, 11) is 3.45. The third kappa shape index (κ3) is 3.03. The van der Waals surface area contributed by atoms with E-state index in [0.29, 0.717) is 11.5 Å². The molecular weight excluding hydrogens is 293 g/mol. The molecule has 0 saturated carbocycles. The number of aryl methyl sites for hydroxylation is 1. The predicted molar refractivity (Wildman–Crippen MR) is 89.6 cm³/mol. The third-order valence-electron chi connectivity index (χ3n) is 4.63. The summed E-state index contributed by atoms with van der Waals surface area (Å²) >= 11 is 0. The maximum atomic E-state index is 12.7. The van der Waals surface area contributed by atoms with Crippen LogP contribution in [0, 0.1) is 0 Å². The van der Waals surface area contributed by atoms with Crippen molar-refractivity contribution in [2.24, 2.45) is 7.05 Å². The number of carbonyl (C=O) groups is 1. The van der Waals surface area contributed by atoms with Gasteiger partial charge in [-0.05, 0) is 27.0 Å². The van der Waals surface area contributed by atoms with Gasteiger partial charge in [0.1, 0.15) is 11.3 Å². The van der Waals surface area contributed by atoms with Crippen LogP contribution in [0.15, 0.2) is 24.6 Å². The number of amides is 1. The summed E-state index contributed by atoms with van der Waals surface area (Å²) in [6.45, 7) is 11.1. The molecule has 2 aliphatic rings. The first-order valence-electron chi connectivity index (χ1n) is 7.96. The van der Waals surface area contributed by atoms with Crippen LogP contribution in [0.4, 0.5) is 0 Å². The maximum Gasteiger partial charge on any atom is 0.564 e. The fourth-order valence-corrected chi connectivity index (χ4v) is 2.87. The first kappa shape index (κ1) is 16.1. The van der Waals surface area contributed by atoms with E-state index in [1.807, 2.05) is 42.6 Å². The molecule has 2 saturated heterocycles. The van der Waals surface area contributed by atoms with Crippen molar-refractivity contribution >= 4 is 18.5 Å². The van der Waals surface area contributed by atoms with E-state index in [1.54, 1.807) is 0 Å². The molecule has 0 unspecified atom stereocenters. The molecule has 0 atom stereocenters. The van der Waals surface area contributed by atoms with Gasteiger partial charge in [-0.1, -0.05) is 6.58 Å². The van der Waals surface area contributed by atoms with Crippen molar-refractivity contribution < 1.29 is 14.1 Å². The molecule has 6 nitrogen and oxygen atoms in total. The van der Waals surface area contributed by atoms with Gasteiger partial charge in [-0.15, -0.1) is 0 Å². The second kappa shape index (κ2) is 5.72. The van der Waals surface area contributed by atoms with E-state index in [4.69, 9.17) is 9.31 Å². The number of hydrogen-bond donors (Lipinski definition) is 0. The third-order valence-corrected chi connectivity index (χ3v) is 4.63. The topological polar surface area (TPSA) is 46.9 Å². The summed E-state index contributed by atoms with van der Waals surface area (Å²) in [4.78, 5) is 16.9. The van der Waals surface area contributed by atoms with Gasteiger partial charge in [0.15, 0.2) is 0 Å². The zero-order valence-corrected chi connectivity index (χ0v) is 14.3. The monoisotopic (exact) mass is 317 g/mol. The average molecular weight is 317 g/mol. The molecule has 1 aromatic heterocycles. The number of likely N-dealkylation sites (N-methyl/N-ethyl adjacent to an activating group) is 1. The Morgan fingerprint density at radius 3 is 2.48 bits per heavy atom. The van der Waals surface area contributed by atoms with Gasteiger partial charge in [0, 0.05) is 44.9 Å². The van der Waals surface area contributed by atoms with E-state index in [-0.39, 0.29) is 5.91 Å². The molecule has 7 heteroatoms. The van der Waals surface area contributed by atoms with Crippen LogP contribution in [-0.4, -0.2) is 66.2 Å². The SMILES string of the molecule is C=C1OB(c2cc(C(=O)N3CCN(C)CC3)n(C)c2)OC1(C)C. The Hall–Kier alpha value is -1.73. The second-order valence-corrected chi connectivity index (χ2v) is 6.87. The van der Waals surface area contributed by atoms with Crippen molar-refractivity contribution in [2.75, 3.05) is 33.2 Å². The van der Waals surface area contributed by atoms with E-state index in [1.165, 1.54) is 0 Å². The van der Waals surface area contributed by atoms with Crippen LogP contribution < -0.4 is 5.46 Å². The Morgan fingerprint density at radius 1 is 1.26 bits per heavy atom. The fourth-order valence-electron chi connectivity index (χ4n) is 2.87. The molecule has 23 heavy (non-hydrogen) atoms. The van der Waals surface area contributed by atoms with Crippen LogP contribution in [0.5, 0.6) is 0 Å². The molecule has 3 rings (SSSR count). The predicted octanol–water partition coefficient (Wildman–Crippen LogP) is 0.447. The molecule has 2 fully saturated rings. The summed E-state index contributed by atoms with van der Waals surface area (Å²) in [6, 6.07) is 1.86. The lowest BCUT2D eigenvalue weighted by Crippen LogP contribution is -2.47. The lowest BCUT2D eigenvalue weighted by atomic mass is 9.81. The van der Waals surface area contributed by atoms with Gasteiger partial charge in [0.25, 0.3) is 5.91 Å². The smallest absolute Gasteiger partial charge is 0.534 e. The second-order valence-electron chi connectivity index (χ2n) is 6.87. The Morgan fingerprint density at radius 2 is 1.91 bits per heavy atom. The number of piperazine rings is 1. The van der Waals surface area contributed by atoms with Crippen LogP contribution >= 0.6 is 0 Å². The van der Waals surface area contributed by atoms with Gasteiger partial charge < -0.3 is 23.7 Å². The summed E-state index contributed by atoms with van der Waals surface area (Å²) in [5, 5.41) is 0. The molecule has 0 N–H and O–H groups in total. The normalized spacial score (nSPS) is 21.7. The van der Waals surface area contributed by atoms with E-state index < -0.39 is 12.7 Å². The van der Waals surface area contributed by atoms with Crippen LogP contribution in [0.1, 0.15) is 24.3 Å². The van der Waals surface area contributed by atoms with Gasteiger partial charge in [0.2, 0.25) is 0 Å². The average Bonchev–Trinajstić information content (AvgIpc) is 3.00. The first-order chi connectivity index (χ1) is 10.8. The quantitative estimate of drug-likeness (QED) is 0.743. The highest BCUT2D eigenvalue weighted by atomic mass is 16.7. The zero-order chi connectivity index (χ0) is 16.8. The lowest BCUT2D eigenvalue weighted by Gasteiger charge is -2.32. The Bertz CT molecular complexity index is 633. The van der Waals surface area contributed by atoms with Crippen molar-refractivity contribution in [3.8, 4) is 0 Å². The minimum Gasteiger partial charge on any atom is -0.534 e. The van der Waals surface area contributed by atoms with E-state index >= 15 is 0 Å². The molecular formula is C16H24BN3O3. The van der Waals surface area contributed by atoms with E-state index in [0.717, 1.165) is 31.6 Å². The number of aromatic nitrogens is 1. The largest absolute Gasteiger partial charge is 0.564 e. The highest BCUT2D eigenvalue weighted by Gasteiger charge is 2.43. The molecule has 1 amide bonds. The minimum atomic E-state index is -0.512. The standard InChI is InChI=1S/C16H24BN3O3/c1-12-16(2,3)23-17(22-12)13-10-14(19(5)11-13)15(21)20-8-6-18(4)7-9-20/h10-11H,1,6-9H2,2-5H3. The van der Waals surface area contributed by atoms with E-state index in [9.17, 15) is 4.79 Å². The summed E-state index contributed by atoms with van der Waals surface area (Å²) < 4.78 is 13.4. The number of rotatable bonds is 2. The molecule has 0 aromatic carbocycles. The molecule has 1 aromatic rings. The first-order valence-corrected chi connectivity index (χ1v) is 7.96. The van der Waals surface area contributed by atoms with Crippen molar-refractivity contribution in [3.63, 3.8) is 0 Å². The summed E-state index contributed by atoms with van der Waals surface area (Å²) in [5.74, 6) is 0.668. The van der Waals surface area contributed by atoms with Crippen LogP contribution in [0.25, 0.3) is 0 Å². The molecule has 0 radical (unpaired) electrons. The van der Waals surface area contributed by atoms with Gasteiger partial charge in [-0.25, -0.2) is 0 Å². The van der Waals surface area contributed by atoms with Crippen molar-refractivity contribution in [2.45, 2.75) is 19.4 Å². The van der Waals surface area contributed by atoms with Gasteiger partial charge in [-0.2, -0.15) is 0 Å². The van der Waals surface area contributed by atoms with Gasteiger partial charge >= 0.3 is 7.12 Å². The molecule has 124 valence electrons. The Balaban J connectivity index is 1.76. The molecule has 0 spiro atoms. The van der Waals surface area contributed by atoms with Crippen LogP contribution in [-0.2, 0) is 16.4 Å². The Labute approximate surface area is 137 Å². The van der Waals surface area contributed by atoms with Crippen LogP contribution in [0.3, 0.4) is 0 Å². The summed E-state index contributed by atoms with van der Waals surface area (Å²) in [6.07, 6.45) is 1.89. The maximum absolute atomic E-state index is 12.7. The highest BCUT2D eigenvalue weighted by Crippen LogP contribution is 2.29. The number of hydrogen-bond acceptors (Lipinski definition) is 4. The number of carbonyl (C=O) groups excluding carboxylic acids is 1. The zero-order valence-electron chi connectivity index (χ0n) is 14.3. The van der Waals surface area contributed by atoms with Crippen LogP contribution in [0.2, 0.25) is 0 Å². The van der Waals surface area contributed by atoms with Crippen molar-refractivity contribution in [1.29, 1.82) is 0 Å². The Kier molecular flexibility index (Phi) is 4.02. The lowest BCUT2D eigenvalue weighted by molar-refractivity contribution is 0.0654. The highest BCUT2D eigenvalue weighted by molar-refractivity contribution is 6.62. The van der Waals surface area contributed by atoms with Gasteiger partial charge in [0.05, 0.1) is 5.76 Å². The molecule has 2 aliphatic heterocycles.